The van der Waals surface area contributed by atoms with E-state index < -0.39 is 52.9 Å². The molecule has 1 aliphatic carbocycles. The summed E-state index contributed by atoms with van der Waals surface area (Å²) in [7, 11) is 0. The van der Waals surface area contributed by atoms with E-state index in [1.54, 1.807) is 12.1 Å². The number of nitrogens with one attached hydrogen (secondary N) is 4. The van der Waals surface area contributed by atoms with Crippen molar-refractivity contribution in [2.24, 2.45) is 11.7 Å². The van der Waals surface area contributed by atoms with Crippen LogP contribution in [0.5, 0.6) is 0 Å². The number of para-hydroxylation sites is 1. The van der Waals surface area contributed by atoms with Crippen molar-refractivity contribution in [1.82, 2.24) is 20.9 Å². The summed E-state index contributed by atoms with van der Waals surface area (Å²) in [6, 6.07) is 7.90. The number of thioether (sulfide) groups is 1. The molecule has 0 saturated carbocycles. The minimum atomic E-state index is -4.61. The van der Waals surface area contributed by atoms with Gasteiger partial charge in [-0.2, -0.15) is 24.9 Å². The minimum Gasteiger partial charge on any atom is -0.392 e. The third-order valence-electron chi connectivity index (χ3n) is 8.79. The Hall–Kier alpha value is -3.65. The highest BCUT2D eigenvalue weighted by molar-refractivity contribution is 7.98. The predicted octanol–water partition coefficient (Wildman–Crippen LogP) is 4.97. The fourth-order valence-corrected chi connectivity index (χ4v) is 6.72. The Morgan fingerprint density at radius 1 is 1.13 bits per heavy atom. The molecular weight excluding hydrogens is 655 g/mol. The van der Waals surface area contributed by atoms with Crippen LogP contribution in [0.1, 0.15) is 55.5 Å². The van der Waals surface area contributed by atoms with Crippen LogP contribution in [-0.2, 0) is 39.8 Å². The van der Waals surface area contributed by atoms with Crippen LogP contribution >= 0.6 is 24.0 Å². The third kappa shape index (κ3) is 8.26. The number of aromatic amines is 1. The van der Waals surface area contributed by atoms with Gasteiger partial charge in [0.05, 0.1) is 28.5 Å². The lowest BCUT2D eigenvalue weighted by atomic mass is 9.78. The Morgan fingerprint density at radius 3 is 2.49 bits per heavy atom. The van der Waals surface area contributed by atoms with Crippen molar-refractivity contribution < 1.29 is 31.9 Å². The highest BCUT2D eigenvalue weighted by atomic mass is 32.2. The lowest BCUT2D eigenvalue weighted by Crippen LogP contribution is -2.66. The second-order valence-electron chi connectivity index (χ2n) is 12.0. The van der Waals surface area contributed by atoms with Crippen LogP contribution in [0, 0.1) is 11.7 Å². The molecule has 0 fully saturated rings. The van der Waals surface area contributed by atoms with E-state index >= 15 is 0 Å². The molecule has 2 aromatic carbocycles. The van der Waals surface area contributed by atoms with Crippen molar-refractivity contribution in [3.05, 3.63) is 70.7 Å². The standard InChI is InChI=1S/C33H39F4N5O3S2/c1-4-18(2)27(29(38)46)41-31(45)32(14-12-24-21(17-32)20-9-7-10-22(28(20)40-24)33(35,36)37)42-30(44)25(13-15-47-3)39-26(43)16-19-8-5-6-11-23(19)34/h5-11,18,25,27,40H,4,12-17H2,1-3H3,(H2,38,46)(H,39,43)(H,41,45)(H,42,44)/t18?,25-,27-,32+/m0/s1. The van der Waals surface area contributed by atoms with Crippen LogP contribution in [0.3, 0.4) is 0 Å². The molecule has 254 valence electrons. The van der Waals surface area contributed by atoms with Gasteiger partial charge in [0.2, 0.25) is 17.7 Å². The molecule has 6 N–H and O–H groups in total. The van der Waals surface area contributed by atoms with Crippen molar-refractivity contribution >= 4 is 57.6 Å². The largest absolute Gasteiger partial charge is 0.418 e. The zero-order chi connectivity index (χ0) is 34.5. The van der Waals surface area contributed by atoms with Crippen LogP contribution in [0.2, 0.25) is 0 Å². The highest BCUT2D eigenvalue weighted by Crippen LogP contribution is 2.40. The fourth-order valence-electron chi connectivity index (χ4n) is 5.96. The molecule has 3 aromatic rings. The number of aryl methyl sites for hydroxylation is 1. The van der Waals surface area contributed by atoms with E-state index in [0.717, 1.165) is 6.07 Å². The monoisotopic (exact) mass is 693 g/mol. The number of alkyl halides is 3. The first-order valence-corrected chi connectivity index (χ1v) is 17.1. The highest BCUT2D eigenvalue weighted by Gasteiger charge is 2.46. The summed E-state index contributed by atoms with van der Waals surface area (Å²) in [6.45, 7) is 3.78. The Bertz CT molecular complexity index is 1650. The first-order chi connectivity index (χ1) is 22.2. The van der Waals surface area contributed by atoms with E-state index in [2.05, 4.69) is 20.9 Å². The topological polar surface area (TPSA) is 129 Å². The number of carbonyl (C=O) groups is 3. The predicted molar refractivity (Wildman–Crippen MR) is 179 cm³/mol. The number of amides is 3. The number of fused-ring (bicyclic) bond motifs is 3. The molecule has 8 nitrogen and oxygen atoms in total. The normalized spacial score (nSPS) is 18.1. The molecule has 3 amide bonds. The summed E-state index contributed by atoms with van der Waals surface area (Å²) in [5, 5.41) is 8.79. The van der Waals surface area contributed by atoms with Crippen molar-refractivity contribution in [2.75, 3.05) is 12.0 Å². The number of hydrogen-bond donors (Lipinski definition) is 5. The smallest absolute Gasteiger partial charge is 0.392 e. The summed E-state index contributed by atoms with van der Waals surface area (Å²) in [5.41, 5.74) is 4.65. The van der Waals surface area contributed by atoms with Gasteiger partial charge in [-0.1, -0.05) is 62.8 Å². The van der Waals surface area contributed by atoms with E-state index in [-0.39, 0.29) is 54.1 Å². The van der Waals surface area contributed by atoms with E-state index in [1.807, 2.05) is 20.1 Å². The summed E-state index contributed by atoms with van der Waals surface area (Å²) >= 11 is 6.70. The zero-order valence-corrected chi connectivity index (χ0v) is 28.0. The molecule has 1 unspecified atom stereocenters. The van der Waals surface area contributed by atoms with Crippen LogP contribution in [-0.4, -0.2) is 57.3 Å². The molecule has 1 aromatic heterocycles. The molecule has 47 heavy (non-hydrogen) atoms. The number of carbonyl (C=O) groups excluding carboxylic acids is 3. The van der Waals surface area contributed by atoms with Gasteiger partial charge in [-0.15, -0.1) is 0 Å². The Balaban J connectivity index is 1.71. The van der Waals surface area contributed by atoms with Gasteiger partial charge < -0.3 is 26.7 Å². The number of thiocarbonyl (C=S) groups is 1. The molecule has 0 spiro atoms. The van der Waals surface area contributed by atoms with Crippen LogP contribution in [0.4, 0.5) is 17.6 Å². The van der Waals surface area contributed by atoms with Gasteiger partial charge in [-0.25, -0.2) is 4.39 Å². The SMILES string of the molecule is CCC(C)[C@H](NC(=O)[C@@]1(NC(=O)[C@H](CCSC)NC(=O)Cc2ccccc2F)CCc2[nH]c3c(C(F)(F)F)cccc3c2C1)C(N)=S. The van der Waals surface area contributed by atoms with Crippen molar-refractivity contribution in [1.29, 1.82) is 0 Å². The Kier molecular flexibility index (Phi) is 11.6. The maximum atomic E-state index is 14.3. The first-order valence-electron chi connectivity index (χ1n) is 15.3. The summed E-state index contributed by atoms with van der Waals surface area (Å²) in [5.74, 6) is -2.02. The molecule has 0 radical (unpaired) electrons. The average molecular weight is 694 g/mol. The second-order valence-corrected chi connectivity index (χ2v) is 13.4. The van der Waals surface area contributed by atoms with Gasteiger partial charge in [0.15, 0.2) is 0 Å². The molecule has 0 aliphatic heterocycles. The second kappa shape index (κ2) is 15.1. The summed E-state index contributed by atoms with van der Waals surface area (Å²) in [6.07, 6.45) is -2.13. The van der Waals surface area contributed by atoms with Crippen LogP contribution in [0.25, 0.3) is 10.9 Å². The van der Waals surface area contributed by atoms with E-state index in [9.17, 15) is 31.9 Å². The van der Waals surface area contributed by atoms with Crippen molar-refractivity contribution in [3.63, 3.8) is 0 Å². The van der Waals surface area contributed by atoms with Crippen molar-refractivity contribution in [2.45, 2.75) is 76.2 Å². The number of hydrogen-bond acceptors (Lipinski definition) is 5. The molecule has 0 bridgehead atoms. The lowest BCUT2D eigenvalue weighted by Gasteiger charge is -2.39. The van der Waals surface area contributed by atoms with Crippen LogP contribution < -0.4 is 21.7 Å². The van der Waals surface area contributed by atoms with Gasteiger partial charge in [-0.3, -0.25) is 14.4 Å². The quantitative estimate of drug-likeness (QED) is 0.127. The van der Waals surface area contributed by atoms with Gasteiger partial charge >= 0.3 is 6.18 Å². The van der Waals surface area contributed by atoms with E-state index in [1.165, 1.54) is 36.0 Å². The molecule has 4 rings (SSSR count). The number of nitrogens with two attached hydrogens (primary N) is 1. The maximum absolute atomic E-state index is 14.3. The zero-order valence-electron chi connectivity index (χ0n) is 26.4. The van der Waals surface area contributed by atoms with Gasteiger partial charge in [-0.05, 0) is 60.4 Å². The summed E-state index contributed by atoms with van der Waals surface area (Å²) in [4.78, 5) is 44.2. The third-order valence-corrected chi connectivity index (χ3v) is 9.69. The number of rotatable bonds is 13. The molecule has 4 atom stereocenters. The van der Waals surface area contributed by atoms with E-state index in [0.29, 0.717) is 28.8 Å². The molecule has 0 saturated heterocycles. The molecule has 1 heterocycles. The number of benzene rings is 2. The van der Waals surface area contributed by atoms with Gasteiger partial charge in [0, 0.05) is 17.5 Å². The van der Waals surface area contributed by atoms with Crippen LogP contribution in [0.15, 0.2) is 42.5 Å². The average Bonchev–Trinajstić information content (AvgIpc) is 3.39. The van der Waals surface area contributed by atoms with Gasteiger partial charge in [0.1, 0.15) is 17.4 Å². The molecular formula is C33H39F4N5O3S2. The number of halogens is 4. The van der Waals surface area contributed by atoms with E-state index in [4.69, 9.17) is 18.0 Å². The fraction of sp³-hybridized carbons (Fsp3) is 0.455. The number of H-pyrrole nitrogens is 1. The van der Waals surface area contributed by atoms with Crippen molar-refractivity contribution in [3.8, 4) is 0 Å². The Morgan fingerprint density at radius 2 is 1.85 bits per heavy atom. The van der Waals surface area contributed by atoms with Gasteiger partial charge in [0.25, 0.3) is 0 Å². The minimum absolute atomic E-state index is 0.0503. The lowest BCUT2D eigenvalue weighted by molar-refractivity contribution is -0.136. The number of aromatic nitrogens is 1. The summed E-state index contributed by atoms with van der Waals surface area (Å²) < 4.78 is 55.9. The Labute approximate surface area is 280 Å². The molecule has 14 heteroatoms. The maximum Gasteiger partial charge on any atom is 0.418 e. The first kappa shape index (κ1) is 36.2. The molecule has 1 aliphatic rings.